The molecule has 2 N–H and O–H groups in total. The van der Waals surface area contributed by atoms with Crippen molar-refractivity contribution >= 4 is 12.1 Å². The molecule has 1 aromatic rings. The summed E-state index contributed by atoms with van der Waals surface area (Å²) < 4.78 is 39.4. The molecule has 0 aromatic heterocycles. The van der Waals surface area contributed by atoms with E-state index in [2.05, 4.69) is 4.74 Å². The molecular weight excluding hydrogens is 279 g/mol. The molecule has 0 unspecified atom stereocenters. The third-order valence-corrected chi connectivity index (χ3v) is 2.24. The number of nitrogens with one attached hydrogen (secondary N) is 1. The quantitative estimate of drug-likeness (QED) is 0.869. The Morgan fingerprint density at radius 1 is 1.25 bits per heavy atom. The fourth-order valence-electron chi connectivity index (χ4n) is 1.38. The molecule has 0 fully saturated rings. The van der Waals surface area contributed by atoms with Crippen molar-refractivity contribution in [3.05, 3.63) is 35.9 Å². The lowest BCUT2D eigenvalue weighted by Gasteiger charge is -2.15. The maximum absolute atomic E-state index is 11.8. The summed E-state index contributed by atoms with van der Waals surface area (Å²) >= 11 is 0. The minimum atomic E-state index is -4.66. The van der Waals surface area contributed by atoms with Crippen molar-refractivity contribution in [3.63, 3.8) is 0 Å². The molecule has 110 valence electrons. The molecule has 0 aliphatic carbocycles. The van der Waals surface area contributed by atoms with Crippen LogP contribution < -0.4 is 5.32 Å². The van der Waals surface area contributed by atoms with Crippen molar-refractivity contribution in [2.75, 3.05) is 6.61 Å². The minimum Gasteiger partial charge on any atom is -0.480 e. The number of alkyl halides is 3. The van der Waals surface area contributed by atoms with Crippen LogP contribution >= 0.6 is 0 Å². The van der Waals surface area contributed by atoms with E-state index in [1.165, 1.54) is 0 Å². The highest BCUT2D eigenvalue weighted by Crippen LogP contribution is 2.14. The second-order valence-corrected chi connectivity index (χ2v) is 3.92. The van der Waals surface area contributed by atoms with Crippen LogP contribution in [0.2, 0.25) is 0 Å². The van der Waals surface area contributed by atoms with Crippen LogP contribution in [-0.2, 0) is 16.0 Å². The average molecular weight is 291 g/mol. The molecule has 0 spiro atoms. The number of carboxylic acids is 1. The van der Waals surface area contributed by atoms with Crippen molar-refractivity contribution in [2.24, 2.45) is 0 Å². The third kappa shape index (κ3) is 6.07. The van der Waals surface area contributed by atoms with Gasteiger partial charge in [0.15, 0.2) is 6.61 Å². The average Bonchev–Trinajstić information content (AvgIpc) is 2.36. The molecule has 1 aromatic carbocycles. The molecule has 0 saturated heterocycles. The van der Waals surface area contributed by atoms with Crippen LogP contribution in [0.4, 0.5) is 18.0 Å². The Morgan fingerprint density at radius 2 is 1.85 bits per heavy atom. The van der Waals surface area contributed by atoms with Gasteiger partial charge in [0, 0.05) is 6.42 Å². The predicted molar refractivity (Wildman–Crippen MR) is 62.1 cm³/mol. The summed E-state index contributed by atoms with van der Waals surface area (Å²) in [5.74, 6) is -1.36. The van der Waals surface area contributed by atoms with Crippen LogP contribution in [0.3, 0.4) is 0 Å². The number of benzene rings is 1. The fourth-order valence-corrected chi connectivity index (χ4v) is 1.38. The standard InChI is InChI=1S/C12H12F3NO4/c13-12(14,15)7-20-11(19)16-9(10(17)18)6-8-4-2-1-3-5-8/h1-5,9H,6-7H2,(H,16,19)(H,17,18)/t9-/m0/s1. The predicted octanol–water partition coefficient (Wildman–Crippen LogP) is 1.97. The highest BCUT2D eigenvalue weighted by molar-refractivity contribution is 5.80. The van der Waals surface area contributed by atoms with Crippen molar-refractivity contribution in [2.45, 2.75) is 18.6 Å². The first-order valence-electron chi connectivity index (χ1n) is 5.54. The molecule has 0 aliphatic rings. The number of carbonyl (C=O) groups is 2. The van der Waals surface area contributed by atoms with E-state index in [1.54, 1.807) is 30.3 Å². The van der Waals surface area contributed by atoms with E-state index < -0.39 is 30.9 Å². The number of rotatable bonds is 5. The van der Waals surface area contributed by atoms with Gasteiger partial charge in [0.2, 0.25) is 0 Å². The van der Waals surface area contributed by atoms with Crippen molar-refractivity contribution < 1.29 is 32.6 Å². The molecule has 1 amide bonds. The van der Waals surface area contributed by atoms with Gasteiger partial charge in [-0.05, 0) is 5.56 Å². The van der Waals surface area contributed by atoms with Gasteiger partial charge in [0.1, 0.15) is 6.04 Å². The van der Waals surface area contributed by atoms with Crippen LogP contribution in [0.5, 0.6) is 0 Å². The number of hydrogen-bond acceptors (Lipinski definition) is 3. The molecule has 0 saturated carbocycles. The second kappa shape index (κ2) is 6.78. The van der Waals surface area contributed by atoms with Crippen LogP contribution in [-0.4, -0.2) is 36.0 Å². The Labute approximate surface area is 112 Å². The summed E-state index contributed by atoms with van der Waals surface area (Å²) in [6.07, 6.45) is -6.14. The first kappa shape index (κ1) is 15.8. The molecule has 5 nitrogen and oxygen atoms in total. The first-order valence-corrected chi connectivity index (χ1v) is 5.54. The Morgan fingerprint density at radius 3 is 2.35 bits per heavy atom. The van der Waals surface area contributed by atoms with Crippen molar-refractivity contribution in [1.82, 2.24) is 5.32 Å². The maximum Gasteiger partial charge on any atom is 0.422 e. The highest BCUT2D eigenvalue weighted by Gasteiger charge is 2.30. The van der Waals surface area contributed by atoms with E-state index in [0.29, 0.717) is 5.56 Å². The summed E-state index contributed by atoms with van der Waals surface area (Å²) in [7, 11) is 0. The van der Waals surface area contributed by atoms with Gasteiger partial charge in [-0.2, -0.15) is 13.2 Å². The number of hydrogen-bond donors (Lipinski definition) is 2. The zero-order valence-electron chi connectivity index (χ0n) is 10.2. The molecule has 0 radical (unpaired) electrons. The Hall–Kier alpha value is -2.25. The largest absolute Gasteiger partial charge is 0.480 e. The molecule has 1 rings (SSSR count). The Balaban J connectivity index is 2.55. The smallest absolute Gasteiger partial charge is 0.422 e. The molecule has 0 bridgehead atoms. The van der Waals surface area contributed by atoms with Crippen LogP contribution in [0, 0.1) is 0 Å². The maximum atomic E-state index is 11.8. The van der Waals surface area contributed by atoms with E-state index in [-0.39, 0.29) is 6.42 Å². The van der Waals surface area contributed by atoms with Gasteiger partial charge >= 0.3 is 18.2 Å². The molecular formula is C12H12F3NO4. The lowest BCUT2D eigenvalue weighted by atomic mass is 10.1. The normalized spacial score (nSPS) is 12.6. The number of halogens is 3. The van der Waals surface area contributed by atoms with Crippen molar-refractivity contribution in [3.8, 4) is 0 Å². The van der Waals surface area contributed by atoms with E-state index in [9.17, 15) is 22.8 Å². The van der Waals surface area contributed by atoms with Gasteiger partial charge in [0.05, 0.1) is 0 Å². The number of carbonyl (C=O) groups excluding carboxylic acids is 1. The number of carboxylic acid groups (broad SMARTS) is 1. The SMILES string of the molecule is O=C(N[C@@H](Cc1ccccc1)C(=O)O)OCC(F)(F)F. The van der Waals surface area contributed by atoms with Gasteiger partial charge < -0.3 is 15.2 Å². The summed E-state index contributed by atoms with van der Waals surface area (Å²) in [6, 6.07) is 6.99. The van der Waals surface area contributed by atoms with Crippen LogP contribution in [0.15, 0.2) is 30.3 Å². The molecule has 1 atom stereocenters. The summed E-state index contributed by atoms with van der Waals surface area (Å²) in [5, 5.41) is 10.8. The van der Waals surface area contributed by atoms with Gasteiger partial charge in [-0.3, -0.25) is 0 Å². The zero-order valence-corrected chi connectivity index (χ0v) is 10.2. The van der Waals surface area contributed by atoms with E-state index >= 15 is 0 Å². The number of ether oxygens (including phenoxy) is 1. The van der Waals surface area contributed by atoms with Gasteiger partial charge in [0.25, 0.3) is 0 Å². The van der Waals surface area contributed by atoms with E-state index in [4.69, 9.17) is 5.11 Å². The number of amides is 1. The summed E-state index contributed by atoms with van der Waals surface area (Å²) in [4.78, 5) is 22.0. The topological polar surface area (TPSA) is 75.6 Å². The lowest BCUT2D eigenvalue weighted by Crippen LogP contribution is -2.43. The number of alkyl carbamates (subject to hydrolysis) is 1. The first-order chi connectivity index (χ1) is 9.28. The van der Waals surface area contributed by atoms with Gasteiger partial charge in [-0.15, -0.1) is 0 Å². The molecule has 8 heteroatoms. The van der Waals surface area contributed by atoms with E-state index in [0.717, 1.165) is 0 Å². The highest BCUT2D eigenvalue weighted by atomic mass is 19.4. The molecule has 0 aliphatic heterocycles. The summed E-state index contributed by atoms with van der Waals surface area (Å²) in [5.41, 5.74) is 0.621. The van der Waals surface area contributed by atoms with Crippen LogP contribution in [0.1, 0.15) is 5.56 Å². The minimum absolute atomic E-state index is 0.0582. The third-order valence-electron chi connectivity index (χ3n) is 2.24. The number of aliphatic carboxylic acids is 1. The summed E-state index contributed by atoms with van der Waals surface area (Å²) in [6.45, 7) is -1.77. The Bertz CT molecular complexity index is 462. The molecule has 0 heterocycles. The molecule has 20 heavy (non-hydrogen) atoms. The lowest BCUT2D eigenvalue weighted by molar-refractivity contribution is -0.160. The van der Waals surface area contributed by atoms with Crippen LogP contribution in [0.25, 0.3) is 0 Å². The van der Waals surface area contributed by atoms with Gasteiger partial charge in [-0.1, -0.05) is 30.3 Å². The van der Waals surface area contributed by atoms with Gasteiger partial charge in [-0.25, -0.2) is 9.59 Å². The van der Waals surface area contributed by atoms with Crippen molar-refractivity contribution in [1.29, 1.82) is 0 Å². The van der Waals surface area contributed by atoms with E-state index in [1.807, 2.05) is 5.32 Å². The fraction of sp³-hybridized carbons (Fsp3) is 0.333. The zero-order chi connectivity index (χ0) is 15.2. The monoisotopic (exact) mass is 291 g/mol. The Kier molecular flexibility index (Phi) is 5.36. The second-order valence-electron chi connectivity index (χ2n) is 3.92.